The number of nitrogens with one attached hydrogen (secondary N) is 2. The van der Waals surface area contributed by atoms with Crippen LogP contribution in [0.4, 0.5) is 5.69 Å². The number of anilines is 1. The number of nitrogens with zero attached hydrogens (tertiary/aromatic N) is 3. The van der Waals surface area contributed by atoms with Crippen LogP contribution in [0.25, 0.3) is 5.69 Å². The number of rotatable bonds is 7. The zero-order valence-electron chi connectivity index (χ0n) is 16.6. The Morgan fingerprint density at radius 3 is 2.57 bits per heavy atom. The molecule has 1 heterocycles. The summed E-state index contributed by atoms with van der Waals surface area (Å²) >= 11 is 7.30. The summed E-state index contributed by atoms with van der Waals surface area (Å²) in [5.74, 6) is 1.00. The van der Waals surface area contributed by atoms with Gasteiger partial charge in [0.05, 0.1) is 23.4 Å². The number of hydrogen-bond acceptors (Lipinski definition) is 6. The first-order valence-corrected chi connectivity index (χ1v) is 10.3. The summed E-state index contributed by atoms with van der Waals surface area (Å²) < 4.78 is 7.05. The van der Waals surface area contributed by atoms with Gasteiger partial charge < -0.3 is 15.4 Å². The molecule has 3 aromatic rings. The molecule has 0 atom stereocenters. The Morgan fingerprint density at radius 2 is 1.90 bits per heavy atom. The van der Waals surface area contributed by atoms with Gasteiger partial charge in [-0.1, -0.05) is 23.4 Å². The minimum absolute atomic E-state index is 0.117. The SMILES string of the molecule is CNC(=O)c1cc(NC(=O)CSc2nnc(C)n2-c2ccc(OC)cc2)ccc1Cl. The van der Waals surface area contributed by atoms with Crippen LogP contribution in [0.2, 0.25) is 5.02 Å². The van der Waals surface area contributed by atoms with Crippen molar-refractivity contribution >= 4 is 40.9 Å². The molecular weight excluding hydrogens is 426 g/mol. The maximum Gasteiger partial charge on any atom is 0.252 e. The van der Waals surface area contributed by atoms with Crippen molar-refractivity contribution < 1.29 is 14.3 Å². The molecule has 30 heavy (non-hydrogen) atoms. The highest BCUT2D eigenvalue weighted by Crippen LogP contribution is 2.24. The van der Waals surface area contributed by atoms with Crippen LogP contribution in [0.15, 0.2) is 47.6 Å². The van der Waals surface area contributed by atoms with Gasteiger partial charge >= 0.3 is 0 Å². The fraction of sp³-hybridized carbons (Fsp3) is 0.200. The van der Waals surface area contributed by atoms with Gasteiger partial charge in [-0.2, -0.15) is 0 Å². The monoisotopic (exact) mass is 445 g/mol. The summed E-state index contributed by atoms with van der Waals surface area (Å²) in [6.07, 6.45) is 0. The molecule has 2 N–H and O–H groups in total. The minimum Gasteiger partial charge on any atom is -0.497 e. The Hall–Kier alpha value is -3.04. The first-order valence-electron chi connectivity index (χ1n) is 8.93. The first-order chi connectivity index (χ1) is 14.4. The number of carbonyl (C=O) groups is 2. The maximum atomic E-state index is 12.4. The quantitative estimate of drug-likeness (QED) is 0.541. The number of benzene rings is 2. The zero-order chi connectivity index (χ0) is 21.7. The van der Waals surface area contributed by atoms with E-state index < -0.39 is 0 Å². The normalized spacial score (nSPS) is 10.5. The average molecular weight is 446 g/mol. The number of hydrogen-bond donors (Lipinski definition) is 2. The van der Waals surface area contributed by atoms with Crippen LogP contribution < -0.4 is 15.4 Å². The van der Waals surface area contributed by atoms with E-state index in [1.165, 1.54) is 24.9 Å². The second-order valence-corrected chi connectivity index (χ2v) is 7.52. The van der Waals surface area contributed by atoms with Crippen molar-refractivity contribution in [2.45, 2.75) is 12.1 Å². The van der Waals surface area contributed by atoms with E-state index in [1.54, 1.807) is 19.2 Å². The molecule has 8 nitrogen and oxygen atoms in total. The van der Waals surface area contributed by atoms with Gasteiger partial charge in [-0.25, -0.2) is 0 Å². The van der Waals surface area contributed by atoms with E-state index in [2.05, 4.69) is 20.8 Å². The third-order valence-electron chi connectivity index (χ3n) is 4.18. The molecule has 0 aliphatic rings. The molecule has 0 spiro atoms. The summed E-state index contributed by atoms with van der Waals surface area (Å²) in [4.78, 5) is 24.3. The predicted molar refractivity (Wildman–Crippen MR) is 117 cm³/mol. The summed E-state index contributed by atoms with van der Waals surface area (Å²) in [7, 11) is 3.12. The molecule has 0 bridgehead atoms. The van der Waals surface area contributed by atoms with E-state index in [9.17, 15) is 9.59 Å². The van der Waals surface area contributed by atoms with Crippen molar-refractivity contribution in [3.63, 3.8) is 0 Å². The second kappa shape index (κ2) is 9.64. The molecule has 3 rings (SSSR count). The van der Waals surface area contributed by atoms with Crippen LogP contribution in [0, 0.1) is 6.92 Å². The van der Waals surface area contributed by atoms with E-state index in [0.29, 0.717) is 27.3 Å². The van der Waals surface area contributed by atoms with Gasteiger partial charge in [0.2, 0.25) is 5.91 Å². The molecule has 0 radical (unpaired) electrons. The van der Waals surface area contributed by atoms with Crippen molar-refractivity contribution in [3.05, 3.63) is 58.9 Å². The molecular formula is C20H20ClN5O3S. The first kappa shape index (κ1) is 21.7. The standard InChI is InChI=1S/C20H20ClN5O3S/c1-12-24-25-20(26(12)14-5-7-15(29-3)8-6-14)30-11-18(27)23-13-4-9-17(21)16(10-13)19(28)22-2/h4-10H,11H2,1-3H3,(H,22,28)(H,23,27). The summed E-state index contributed by atoms with van der Waals surface area (Å²) in [5, 5.41) is 14.5. The van der Waals surface area contributed by atoms with Crippen LogP contribution in [0.3, 0.4) is 0 Å². The van der Waals surface area contributed by atoms with Crippen molar-refractivity contribution in [3.8, 4) is 11.4 Å². The average Bonchev–Trinajstić information content (AvgIpc) is 3.13. The number of halogens is 1. The third-order valence-corrected chi connectivity index (χ3v) is 5.44. The molecule has 0 saturated heterocycles. The van der Waals surface area contributed by atoms with Crippen LogP contribution in [0.5, 0.6) is 5.75 Å². The molecule has 10 heteroatoms. The number of aromatic nitrogens is 3. The Kier molecular flexibility index (Phi) is 6.96. The van der Waals surface area contributed by atoms with Gasteiger partial charge in [-0.3, -0.25) is 14.2 Å². The number of carbonyl (C=O) groups excluding carboxylic acids is 2. The topological polar surface area (TPSA) is 98.1 Å². The molecule has 2 amide bonds. The van der Waals surface area contributed by atoms with Crippen LogP contribution in [0.1, 0.15) is 16.2 Å². The second-order valence-electron chi connectivity index (χ2n) is 6.17. The maximum absolute atomic E-state index is 12.4. The van der Waals surface area contributed by atoms with Gasteiger partial charge in [0, 0.05) is 18.4 Å². The van der Waals surface area contributed by atoms with E-state index in [0.717, 1.165) is 11.4 Å². The number of thioether (sulfide) groups is 1. The lowest BCUT2D eigenvalue weighted by atomic mass is 10.2. The lowest BCUT2D eigenvalue weighted by molar-refractivity contribution is -0.113. The largest absolute Gasteiger partial charge is 0.497 e. The van der Waals surface area contributed by atoms with Crippen molar-refractivity contribution in [1.82, 2.24) is 20.1 Å². The lowest BCUT2D eigenvalue weighted by Crippen LogP contribution is -2.19. The van der Waals surface area contributed by atoms with Crippen LogP contribution >= 0.6 is 23.4 Å². The minimum atomic E-state index is -0.325. The summed E-state index contributed by atoms with van der Waals surface area (Å²) in [6, 6.07) is 12.2. The van der Waals surface area contributed by atoms with E-state index in [-0.39, 0.29) is 17.6 Å². The summed E-state index contributed by atoms with van der Waals surface area (Å²) in [6.45, 7) is 1.84. The van der Waals surface area contributed by atoms with Gasteiger partial charge in [0.15, 0.2) is 5.16 Å². The van der Waals surface area contributed by atoms with E-state index >= 15 is 0 Å². The number of methoxy groups -OCH3 is 1. The highest BCUT2D eigenvalue weighted by Gasteiger charge is 2.15. The highest BCUT2D eigenvalue weighted by molar-refractivity contribution is 7.99. The Bertz CT molecular complexity index is 1070. The Labute approximate surface area is 183 Å². The third kappa shape index (κ3) is 4.92. The van der Waals surface area contributed by atoms with E-state index in [4.69, 9.17) is 16.3 Å². The number of ether oxygens (including phenoxy) is 1. The summed E-state index contributed by atoms with van der Waals surface area (Å²) in [5.41, 5.74) is 1.64. The molecule has 1 aromatic heterocycles. The molecule has 0 aliphatic heterocycles. The fourth-order valence-corrected chi connectivity index (χ4v) is 3.70. The van der Waals surface area contributed by atoms with Crippen LogP contribution in [-0.2, 0) is 4.79 Å². The molecule has 0 fully saturated rings. The van der Waals surface area contributed by atoms with E-state index in [1.807, 2.05) is 35.8 Å². The van der Waals surface area contributed by atoms with Gasteiger partial charge in [0.1, 0.15) is 11.6 Å². The number of aryl methyl sites for hydroxylation is 1. The number of amides is 2. The molecule has 0 unspecified atom stereocenters. The zero-order valence-corrected chi connectivity index (χ0v) is 18.2. The fourth-order valence-electron chi connectivity index (χ4n) is 2.70. The molecule has 156 valence electrons. The smallest absolute Gasteiger partial charge is 0.252 e. The highest BCUT2D eigenvalue weighted by atomic mass is 35.5. The van der Waals surface area contributed by atoms with Gasteiger partial charge in [0.25, 0.3) is 5.91 Å². The Morgan fingerprint density at radius 1 is 1.17 bits per heavy atom. The van der Waals surface area contributed by atoms with Gasteiger partial charge in [-0.15, -0.1) is 10.2 Å². The molecule has 0 saturated carbocycles. The molecule has 0 aliphatic carbocycles. The van der Waals surface area contributed by atoms with Crippen molar-refractivity contribution in [2.75, 3.05) is 25.2 Å². The van der Waals surface area contributed by atoms with Crippen molar-refractivity contribution in [1.29, 1.82) is 0 Å². The predicted octanol–water partition coefficient (Wildman–Crippen LogP) is 3.33. The van der Waals surface area contributed by atoms with Gasteiger partial charge in [-0.05, 0) is 49.4 Å². The van der Waals surface area contributed by atoms with Crippen LogP contribution in [-0.4, -0.2) is 46.5 Å². The lowest BCUT2D eigenvalue weighted by Gasteiger charge is -2.10. The van der Waals surface area contributed by atoms with Crippen molar-refractivity contribution in [2.24, 2.45) is 0 Å². The molecule has 2 aromatic carbocycles. The Balaban J connectivity index is 1.69.